The molecular weight excluding hydrogens is 705 g/mol. The molecule has 14 heteroatoms. The molecule has 0 radical (unpaired) electrons. The maximum atomic E-state index is 14.4. The molecule has 0 N–H and O–H groups in total. The molecule has 0 bridgehead atoms. The van der Waals surface area contributed by atoms with Gasteiger partial charge in [0.25, 0.3) is 11.8 Å². The number of methoxy groups -OCH3 is 1. The number of carbonyl (C=O) groups is 2. The minimum absolute atomic E-state index is 0.0946. The average molecular weight is 757 g/mol. The molecule has 2 fully saturated rings. The van der Waals surface area contributed by atoms with E-state index in [0.29, 0.717) is 55.2 Å². The molecule has 0 unspecified atom stereocenters. The van der Waals surface area contributed by atoms with Gasteiger partial charge in [-0.05, 0) is 95.6 Å². The Kier molecular flexibility index (Phi) is 10.2. The number of carbonyl (C=O) groups excluding carboxylic acids is 2. The molecule has 3 aliphatic rings. The standard InChI is InChI=1S/C40H52N8O5S/c1-25(2)47-38(37(41-42-47)40(50)45-22-26(3)44(7)27(4)23-45)31-18-30-19-33(53-8)16-17-34(30)36-20-28-14-15-29(21-35(28)46(36)24-31)39(49)48(54(51,52)43(5)6)32-12-10-9-11-13-32/h14-21,25-27,32H,9-13,22-24H2,1-8H3/t26-,27+. The normalized spacial score (nSPS) is 19.8. The zero-order valence-corrected chi connectivity index (χ0v) is 33.4. The monoisotopic (exact) mass is 756 g/mol. The summed E-state index contributed by atoms with van der Waals surface area (Å²) in [7, 11) is 2.62. The van der Waals surface area contributed by atoms with Crippen LogP contribution in [0.5, 0.6) is 5.75 Å². The van der Waals surface area contributed by atoms with Gasteiger partial charge in [0.05, 0.1) is 25.0 Å². The zero-order valence-electron chi connectivity index (χ0n) is 32.6. The van der Waals surface area contributed by atoms with Crippen LogP contribution < -0.4 is 4.74 Å². The van der Waals surface area contributed by atoms with Gasteiger partial charge in [0.2, 0.25) is 0 Å². The van der Waals surface area contributed by atoms with Crippen molar-refractivity contribution in [1.29, 1.82) is 0 Å². The lowest BCUT2D eigenvalue weighted by atomic mass is 9.95. The van der Waals surface area contributed by atoms with Crippen LogP contribution in [0.4, 0.5) is 0 Å². The fourth-order valence-electron chi connectivity index (χ4n) is 8.24. The van der Waals surface area contributed by atoms with Gasteiger partial charge in [-0.3, -0.25) is 14.5 Å². The molecule has 13 nitrogen and oxygen atoms in total. The molecule has 54 heavy (non-hydrogen) atoms. The minimum Gasteiger partial charge on any atom is -0.497 e. The summed E-state index contributed by atoms with van der Waals surface area (Å²) >= 11 is 0. The Morgan fingerprint density at radius 3 is 2.31 bits per heavy atom. The van der Waals surface area contributed by atoms with E-state index in [1.54, 1.807) is 13.2 Å². The van der Waals surface area contributed by atoms with Crippen LogP contribution in [0.1, 0.15) is 97.9 Å². The van der Waals surface area contributed by atoms with E-state index in [-0.39, 0.29) is 24.0 Å². The molecule has 1 saturated carbocycles. The van der Waals surface area contributed by atoms with Crippen molar-refractivity contribution >= 4 is 44.6 Å². The van der Waals surface area contributed by atoms with Crippen LogP contribution in [0.25, 0.3) is 33.8 Å². The van der Waals surface area contributed by atoms with Crippen molar-refractivity contribution in [2.45, 2.75) is 90.5 Å². The van der Waals surface area contributed by atoms with Gasteiger partial charge in [-0.1, -0.05) is 30.5 Å². The lowest BCUT2D eigenvalue weighted by molar-refractivity contribution is 0.0409. The molecule has 4 aromatic rings. The number of amides is 2. The van der Waals surface area contributed by atoms with E-state index < -0.39 is 22.2 Å². The average Bonchev–Trinajstić information content (AvgIpc) is 3.71. The van der Waals surface area contributed by atoms with Gasteiger partial charge >= 0.3 is 10.2 Å². The maximum Gasteiger partial charge on any atom is 0.306 e. The van der Waals surface area contributed by atoms with E-state index >= 15 is 0 Å². The SMILES string of the molecule is COc1ccc2c(c1)C=C(c1c(C(=O)N3C[C@@H](C)N(C)[C@@H](C)C3)nnn1C(C)C)Cn1c-2cc2ccc(C(=O)N(C3CCCCC3)S(=O)(=O)N(C)C)cc21. The molecule has 2 atom stereocenters. The molecule has 2 aliphatic heterocycles. The molecular formula is C40H52N8O5S. The number of hydrogen-bond acceptors (Lipinski definition) is 8. The van der Waals surface area contributed by atoms with Gasteiger partial charge in [-0.25, -0.2) is 8.99 Å². The van der Waals surface area contributed by atoms with E-state index in [1.807, 2.05) is 53.8 Å². The fourth-order valence-corrected chi connectivity index (χ4v) is 9.50. The van der Waals surface area contributed by atoms with Crippen molar-refractivity contribution in [2.75, 3.05) is 41.3 Å². The second kappa shape index (κ2) is 14.6. The Balaban J connectivity index is 1.38. The largest absolute Gasteiger partial charge is 0.497 e. The summed E-state index contributed by atoms with van der Waals surface area (Å²) in [4.78, 5) is 33.0. The van der Waals surface area contributed by atoms with E-state index in [1.165, 1.54) is 14.1 Å². The summed E-state index contributed by atoms with van der Waals surface area (Å²) in [5.41, 5.74) is 5.62. The first kappa shape index (κ1) is 37.8. The Morgan fingerprint density at radius 1 is 0.963 bits per heavy atom. The second-order valence-corrected chi connectivity index (χ2v) is 17.6. The number of rotatable bonds is 8. The van der Waals surface area contributed by atoms with Gasteiger partial charge in [0.1, 0.15) is 5.75 Å². The Bertz CT molecular complexity index is 2220. The quantitative estimate of drug-likeness (QED) is 0.221. The molecule has 7 rings (SSSR count). The summed E-state index contributed by atoms with van der Waals surface area (Å²) in [6, 6.07) is 13.3. The fraction of sp³-hybridized carbons (Fsp3) is 0.500. The van der Waals surface area contributed by atoms with Crippen LogP contribution in [-0.4, -0.2) is 118 Å². The van der Waals surface area contributed by atoms with Crippen LogP contribution in [0.15, 0.2) is 42.5 Å². The van der Waals surface area contributed by atoms with Gasteiger partial charge in [-0.15, -0.1) is 5.10 Å². The number of likely N-dealkylation sites (N-methyl/N-ethyl adjacent to an activating group) is 1. The van der Waals surface area contributed by atoms with E-state index in [9.17, 15) is 18.0 Å². The molecule has 4 heterocycles. The van der Waals surface area contributed by atoms with Gasteiger partial charge in [0, 0.05) is 79.0 Å². The van der Waals surface area contributed by atoms with E-state index in [0.717, 1.165) is 61.2 Å². The van der Waals surface area contributed by atoms with Crippen LogP contribution in [0.3, 0.4) is 0 Å². The Morgan fingerprint density at radius 2 is 1.67 bits per heavy atom. The second-order valence-electron chi connectivity index (χ2n) is 15.6. The van der Waals surface area contributed by atoms with Crippen molar-refractivity contribution in [3.05, 3.63) is 65.0 Å². The predicted molar refractivity (Wildman–Crippen MR) is 210 cm³/mol. The van der Waals surface area contributed by atoms with Crippen molar-refractivity contribution in [2.24, 2.45) is 0 Å². The van der Waals surface area contributed by atoms with Crippen molar-refractivity contribution in [3.63, 3.8) is 0 Å². The first-order chi connectivity index (χ1) is 25.7. The first-order valence-corrected chi connectivity index (χ1v) is 20.4. The number of benzene rings is 2. The minimum atomic E-state index is -4.05. The lowest BCUT2D eigenvalue weighted by Crippen LogP contribution is -2.56. The van der Waals surface area contributed by atoms with Crippen molar-refractivity contribution in [1.82, 2.24) is 38.0 Å². The molecule has 1 saturated heterocycles. The Hall–Kier alpha value is -4.53. The predicted octanol–water partition coefficient (Wildman–Crippen LogP) is 5.79. The maximum absolute atomic E-state index is 14.4. The number of nitrogens with zero attached hydrogens (tertiary/aromatic N) is 8. The molecule has 2 aromatic carbocycles. The summed E-state index contributed by atoms with van der Waals surface area (Å²) in [5.74, 6) is 0.00201. The number of ether oxygens (including phenoxy) is 1. The highest BCUT2D eigenvalue weighted by molar-refractivity contribution is 7.87. The van der Waals surface area contributed by atoms with Crippen LogP contribution in [0, 0.1) is 0 Å². The van der Waals surface area contributed by atoms with Gasteiger partial charge in [0.15, 0.2) is 5.69 Å². The van der Waals surface area contributed by atoms with Crippen molar-refractivity contribution < 1.29 is 22.7 Å². The third-order valence-corrected chi connectivity index (χ3v) is 13.4. The summed E-state index contributed by atoms with van der Waals surface area (Å²) in [6.07, 6.45) is 6.14. The zero-order chi connectivity index (χ0) is 38.6. The van der Waals surface area contributed by atoms with Crippen molar-refractivity contribution in [3.8, 4) is 17.0 Å². The summed E-state index contributed by atoms with van der Waals surface area (Å²) < 4.78 is 39.3. The molecule has 288 valence electrons. The van der Waals surface area contributed by atoms with E-state index in [4.69, 9.17) is 4.74 Å². The number of hydrogen-bond donors (Lipinski definition) is 0. The first-order valence-electron chi connectivity index (χ1n) is 19.0. The summed E-state index contributed by atoms with van der Waals surface area (Å²) in [5, 5.41) is 9.99. The van der Waals surface area contributed by atoms with E-state index in [2.05, 4.69) is 52.8 Å². The molecule has 2 aromatic heterocycles. The highest BCUT2D eigenvalue weighted by atomic mass is 32.2. The van der Waals surface area contributed by atoms with Gasteiger partial charge in [-0.2, -0.15) is 12.7 Å². The summed E-state index contributed by atoms with van der Waals surface area (Å²) in [6.45, 7) is 9.80. The van der Waals surface area contributed by atoms with Gasteiger partial charge < -0.3 is 14.2 Å². The van der Waals surface area contributed by atoms with Crippen LogP contribution in [-0.2, 0) is 16.8 Å². The topological polar surface area (TPSA) is 126 Å². The lowest BCUT2D eigenvalue weighted by Gasteiger charge is -2.42. The number of aromatic nitrogens is 4. The highest BCUT2D eigenvalue weighted by Crippen LogP contribution is 2.40. The number of fused-ring (bicyclic) bond motifs is 5. The van der Waals surface area contributed by atoms with Crippen LogP contribution in [0.2, 0.25) is 0 Å². The number of piperazine rings is 1. The molecule has 0 spiro atoms. The third kappa shape index (κ3) is 6.62. The molecule has 1 aliphatic carbocycles. The Labute approximate surface area is 318 Å². The van der Waals surface area contributed by atoms with Crippen LogP contribution >= 0.6 is 0 Å². The molecule has 2 amide bonds. The number of allylic oxidation sites excluding steroid dienone is 1. The smallest absolute Gasteiger partial charge is 0.306 e. The highest BCUT2D eigenvalue weighted by Gasteiger charge is 2.38. The third-order valence-electron chi connectivity index (χ3n) is 11.5.